The Morgan fingerprint density at radius 3 is 3.12 bits per heavy atom. The summed E-state index contributed by atoms with van der Waals surface area (Å²) in [6.45, 7) is 3.69. The average Bonchev–Trinajstić information content (AvgIpc) is 2.77. The fraction of sp³-hybridized carbons (Fsp3) is 0.500. The molecule has 1 aliphatic heterocycles. The molecule has 1 aromatic rings. The molecule has 1 aromatic heterocycles. The Morgan fingerprint density at radius 2 is 2.50 bits per heavy atom. The van der Waals surface area contributed by atoms with Gasteiger partial charge in [0, 0.05) is 19.3 Å². The second kappa shape index (κ2) is 4.51. The lowest BCUT2D eigenvalue weighted by atomic mass is 10.1. The van der Waals surface area contributed by atoms with E-state index < -0.39 is 0 Å². The summed E-state index contributed by atoms with van der Waals surface area (Å²) in [5.74, 6) is 0.399. The maximum Gasteiger partial charge on any atom is 0.276 e. The van der Waals surface area contributed by atoms with E-state index in [9.17, 15) is 9.90 Å². The van der Waals surface area contributed by atoms with Crippen molar-refractivity contribution >= 4 is 5.91 Å². The molecule has 4 nitrogen and oxygen atoms in total. The highest BCUT2D eigenvalue weighted by molar-refractivity contribution is 5.94. The molecule has 2 rings (SSSR count). The van der Waals surface area contributed by atoms with E-state index in [1.165, 1.54) is 12.3 Å². The third kappa shape index (κ3) is 2.01. The Balaban J connectivity index is 2.12. The van der Waals surface area contributed by atoms with E-state index in [0.717, 1.165) is 25.9 Å². The van der Waals surface area contributed by atoms with Gasteiger partial charge in [0.05, 0.1) is 0 Å². The topological polar surface area (TPSA) is 53.4 Å². The van der Waals surface area contributed by atoms with Crippen LogP contribution in [0, 0.1) is 5.92 Å². The number of likely N-dealkylation sites (tertiary alicyclic amines) is 1. The summed E-state index contributed by atoms with van der Waals surface area (Å²) < 4.78 is 0. The lowest BCUT2D eigenvalue weighted by molar-refractivity contribution is 0.0778. The normalized spacial score (nSPS) is 20.1. The van der Waals surface area contributed by atoms with Crippen LogP contribution in [0.2, 0.25) is 0 Å². The van der Waals surface area contributed by atoms with Crippen molar-refractivity contribution in [1.82, 2.24) is 9.88 Å². The predicted octanol–water partition coefficient (Wildman–Crippen LogP) is 1.66. The fourth-order valence-corrected chi connectivity index (χ4v) is 2.06. The molecule has 0 aliphatic carbocycles. The maximum absolute atomic E-state index is 12.0. The van der Waals surface area contributed by atoms with E-state index in [0.29, 0.717) is 5.92 Å². The van der Waals surface area contributed by atoms with E-state index in [1.54, 1.807) is 11.0 Å². The molecule has 0 aromatic carbocycles. The second-order valence-corrected chi connectivity index (χ2v) is 4.19. The van der Waals surface area contributed by atoms with E-state index in [4.69, 9.17) is 0 Å². The molecule has 16 heavy (non-hydrogen) atoms. The number of aromatic nitrogens is 1. The zero-order valence-electron chi connectivity index (χ0n) is 9.39. The Labute approximate surface area is 94.9 Å². The summed E-state index contributed by atoms with van der Waals surface area (Å²) in [6.07, 6.45) is 3.67. The quantitative estimate of drug-likeness (QED) is 0.824. The van der Waals surface area contributed by atoms with Crippen LogP contribution in [0.5, 0.6) is 5.75 Å². The largest absolute Gasteiger partial charge is 0.505 e. The van der Waals surface area contributed by atoms with Crippen LogP contribution in [0.1, 0.15) is 30.3 Å². The van der Waals surface area contributed by atoms with Crippen molar-refractivity contribution in [2.75, 3.05) is 13.1 Å². The second-order valence-electron chi connectivity index (χ2n) is 4.19. The number of nitrogens with zero attached hydrogens (tertiary/aromatic N) is 2. The van der Waals surface area contributed by atoms with Gasteiger partial charge in [-0.15, -0.1) is 0 Å². The predicted molar refractivity (Wildman–Crippen MR) is 60.2 cm³/mol. The van der Waals surface area contributed by atoms with Gasteiger partial charge in [-0.25, -0.2) is 4.98 Å². The van der Waals surface area contributed by atoms with Crippen molar-refractivity contribution in [3.63, 3.8) is 0 Å². The summed E-state index contributed by atoms with van der Waals surface area (Å²) in [5, 5.41) is 9.55. The number of hydrogen-bond acceptors (Lipinski definition) is 3. The first kappa shape index (κ1) is 10.9. The third-order valence-electron chi connectivity index (χ3n) is 3.14. The van der Waals surface area contributed by atoms with Crippen LogP contribution in [-0.4, -0.2) is 34.0 Å². The van der Waals surface area contributed by atoms with Gasteiger partial charge in [-0.1, -0.05) is 13.3 Å². The van der Waals surface area contributed by atoms with Gasteiger partial charge in [0.2, 0.25) is 0 Å². The number of aromatic hydroxyl groups is 1. The summed E-state index contributed by atoms with van der Waals surface area (Å²) in [5.41, 5.74) is 0.166. The Bertz CT molecular complexity index is 392. The number of carbonyl (C=O) groups is 1. The number of rotatable bonds is 2. The van der Waals surface area contributed by atoms with E-state index in [1.807, 2.05) is 0 Å². The highest BCUT2D eigenvalue weighted by Gasteiger charge is 2.27. The van der Waals surface area contributed by atoms with Crippen molar-refractivity contribution in [2.24, 2.45) is 5.92 Å². The highest BCUT2D eigenvalue weighted by Crippen LogP contribution is 2.23. The average molecular weight is 220 g/mol. The smallest absolute Gasteiger partial charge is 0.276 e. The summed E-state index contributed by atoms with van der Waals surface area (Å²) in [7, 11) is 0. The first-order chi connectivity index (χ1) is 7.72. The summed E-state index contributed by atoms with van der Waals surface area (Å²) in [4.78, 5) is 17.7. The van der Waals surface area contributed by atoms with E-state index in [2.05, 4.69) is 11.9 Å². The first-order valence-electron chi connectivity index (χ1n) is 5.65. The van der Waals surface area contributed by atoms with Crippen LogP contribution in [0.4, 0.5) is 0 Å². The fourth-order valence-electron chi connectivity index (χ4n) is 2.06. The van der Waals surface area contributed by atoms with Gasteiger partial charge in [-0.2, -0.15) is 0 Å². The minimum Gasteiger partial charge on any atom is -0.505 e. The Morgan fingerprint density at radius 1 is 1.69 bits per heavy atom. The van der Waals surface area contributed by atoms with Gasteiger partial charge < -0.3 is 10.0 Å². The molecular formula is C12H16N2O2. The van der Waals surface area contributed by atoms with Crippen LogP contribution in [0.3, 0.4) is 0 Å². The number of carbonyl (C=O) groups excluding carboxylic acids is 1. The molecule has 4 heteroatoms. The molecule has 0 spiro atoms. The SMILES string of the molecule is CCC1CCN(C(=O)c2ncccc2O)C1. The third-order valence-corrected chi connectivity index (χ3v) is 3.14. The van der Waals surface area contributed by atoms with Crippen LogP contribution in [0.25, 0.3) is 0 Å². The lowest BCUT2D eigenvalue weighted by Gasteiger charge is -2.16. The summed E-state index contributed by atoms with van der Waals surface area (Å²) >= 11 is 0. The van der Waals surface area contributed by atoms with Crippen LogP contribution >= 0.6 is 0 Å². The molecule has 1 saturated heterocycles. The molecule has 1 fully saturated rings. The minimum atomic E-state index is -0.158. The van der Waals surface area contributed by atoms with Gasteiger partial charge in [0.15, 0.2) is 5.69 Å². The Hall–Kier alpha value is -1.58. The van der Waals surface area contributed by atoms with E-state index >= 15 is 0 Å². The molecule has 1 aliphatic rings. The number of amides is 1. The maximum atomic E-state index is 12.0. The van der Waals surface area contributed by atoms with Gasteiger partial charge in [-0.05, 0) is 24.5 Å². The molecule has 2 heterocycles. The first-order valence-corrected chi connectivity index (χ1v) is 5.65. The highest BCUT2D eigenvalue weighted by atomic mass is 16.3. The van der Waals surface area contributed by atoms with Gasteiger partial charge in [0.25, 0.3) is 5.91 Å². The Kier molecular flexibility index (Phi) is 3.08. The standard InChI is InChI=1S/C12H16N2O2/c1-2-9-5-7-14(8-9)12(16)11-10(15)4-3-6-13-11/h3-4,6,9,15H,2,5,7-8H2,1H3. The number of pyridine rings is 1. The minimum absolute atomic E-state index is 0.0348. The molecular weight excluding hydrogens is 204 g/mol. The zero-order valence-corrected chi connectivity index (χ0v) is 9.39. The van der Waals surface area contributed by atoms with Crippen LogP contribution in [-0.2, 0) is 0 Å². The van der Waals surface area contributed by atoms with Crippen molar-refractivity contribution < 1.29 is 9.90 Å². The molecule has 1 N–H and O–H groups in total. The lowest BCUT2D eigenvalue weighted by Crippen LogP contribution is -2.29. The molecule has 1 amide bonds. The van der Waals surface area contributed by atoms with Crippen molar-refractivity contribution in [1.29, 1.82) is 0 Å². The molecule has 1 unspecified atom stereocenters. The van der Waals surface area contributed by atoms with Crippen LogP contribution < -0.4 is 0 Å². The van der Waals surface area contributed by atoms with E-state index in [-0.39, 0.29) is 17.4 Å². The summed E-state index contributed by atoms with van der Waals surface area (Å²) in [6, 6.07) is 3.11. The van der Waals surface area contributed by atoms with Gasteiger partial charge >= 0.3 is 0 Å². The van der Waals surface area contributed by atoms with Crippen molar-refractivity contribution in [3.05, 3.63) is 24.0 Å². The van der Waals surface area contributed by atoms with Crippen molar-refractivity contribution in [3.8, 4) is 5.75 Å². The number of hydrogen-bond donors (Lipinski definition) is 1. The van der Waals surface area contributed by atoms with Crippen LogP contribution in [0.15, 0.2) is 18.3 Å². The van der Waals surface area contributed by atoms with Gasteiger partial charge in [-0.3, -0.25) is 4.79 Å². The zero-order chi connectivity index (χ0) is 11.5. The monoisotopic (exact) mass is 220 g/mol. The molecule has 86 valence electrons. The van der Waals surface area contributed by atoms with Gasteiger partial charge in [0.1, 0.15) is 5.75 Å². The molecule has 0 bridgehead atoms. The molecule has 0 radical (unpaired) electrons. The molecule has 1 atom stereocenters. The van der Waals surface area contributed by atoms with Crippen molar-refractivity contribution in [2.45, 2.75) is 19.8 Å². The molecule has 0 saturated carbocycles.